The highest BCUT2D eigenvalue weighted by Gasteiger charge is 2.30. The molecule has 3 N–H and O–H groups in total. The molecule has 1 aliphatic carbocycles. The molecule has 0 spiro atoms. The Kier molecular flexibility index (Phi) is 4.97. The van der Waals surface area contributed by atoms with Crippen LogP contribution < -0.4 is 5.73 Å². The molecule has 2 atom stereocenters. The SMILES string of the molecule is N[C@@H]1CCC[C@H](C(=O)N2CCN(CCO)CC2)C1. The lowest BCUT2D eigenvalue weighted by atomic mass is 9.85. The van der Waals surface area contributed by atoms with Crippen LogP contribution in [0.2, 0.25) is 0 Å². The first-order valence-electron chi connectivity index (χ1n) is 7.08. The van der Waals surface area contributed by atoms with Gasteiger partial charge < -0.3 is 15.7 Å². The molecule has 2 aliphatic rings. The number of β-amino-alcohol motifs (C(OH)–C–C–N with tert-alkyl or cyclic N) is 1. The summed E-state index contributed by atoms with van der Waals surface area (Å²) in [5.41, 5.74) is 5.95. The molecule has 0 bridgehead atoms. The lowest BCUT2D eigenvalue weighted by molar-refractivity contribution is -0.138. The van der Waals surface area contributed by atoms with Gasteiger partial charge in [-0.25, -0.2) is 0 Å². The van der Waals surface area contributed by atoms with Crippen LogP contribution in [-0.4, -0.2) is 66.2 Å². The Morgan fingerprint density at radius 1 is 1.22 bits per heavy atom. The van der Waals surface area contributed by atoms with Crippen LogP contribution in [0.4, 0.5) is 0 Å². The van der Waals surface area contributed by atoms with Crippen LogP contribution >= 0.6 is 0 Å². The van der Waals surface area contributed by atoms with Crippen molar-refractivity contribution >= 4 is 5.91 Å². The molecule has 2 fully saturated rings. The smallest absolute Gasteiger partial charge is 0.225 e. The summed E-state index contributed by atoms with van der Waals surface area (Å²) in [4.78, 5) is 16.6. The second kappa shape index (κ2) is 6.50. The van der Waals surface area contributed by atoms with Gasteiger partial charge in [0.05, 0.1) is 6.61 Å². The van der Waals surface area contributed by atoms with E-state index in [1.165, 1.54) is 0 Å². The Balaban J connectivity index is 1.80. The molecule has 0 aromatic rings. The molecule has 0 aromatic heterocycles. The Morgan fingerprint density at radius 2 is 1.94 bits per heavy atom. The maximum Gasteiger partial charge on any atom is 0.225 e. The minimum absolute atomic E-state index is 0.151. The third-order valence-electron chi connectivity index (χ3n) is 4.16. The predicted octanol–water partition coefficient (Wildman–Crippen LogP) is -0.360. The number of aliphatic hydroxyl groups excluding tert-OH is 1. The number of amides is 1. The molecule has 5 nitrogen and oxygen atoms in total. The third-order valence-corrected chi connectivity index (χ3v) is 4.16. The van der Waals surface area contributed by atoms with Crippen molar-refractivity contribution in [2.24, 2.45) is 11.7 Å². The number of hydrogen-bond donors (Lipinski definition) is 2. The minimum Gasteiger partial charge on any atom is -0.395 e. The average Bonchev–Trinajstić information content (AvgIpc) is 2.39. The van der Waals surface area contributed by atoms with Crippen LogP contribution in [0.15, 0.2) is 0 Å². The maximum atomic E-state index is 12.4. The van der Waals surface area contributed by atoms with Gasteiger partial charge in [-0.15, -0.1) is 0 Å². The summed E-state index contributed by atoms with van der Waals surface area (Å²) in [6.07, 6.45) is 4.01. The van der Waals surface area contributed by atoms with Gasteiger partial charge in [0.25, 0.3) is 0 Å². The van der Waals surface area contributed by atoms with Crippen LogP contribution in [0.5, 0.6) is 0 Å². The quantitative estimate of drug-likeness (QED) is 0.722. The molecule has 18 heavy (non-hydrogen) atoms. The molecular weight excluding hydrogens is 230 g/mol. The third kappa shape index (κ3) is 3.43. The molecule has 1 saturated carbocycles. The lowest BCUT2D eigenvalue weighted by Crippen LogP contribution is -2.51. The van der Waals surface area contributed by atoms with Crippen molar-refractivity contribution in [3.05, 3.63) is 0 Å². The van der Waals surface area contributed by atoms with E-state index in [0.29, 0.717) is 5.91 Å². The molecule has 0 aromatic carbocycles. The van der Waals surface area contributed by atoms with Gasteiger partial charge in [0.15, 0.2) is 0 Å². The molecule has 1 saturated heterocycles. The molecule has 5 heteroatoms. The van der Waals surface area contributed by atoms with E-state index in [0.717, 1.165) is 58.4 Å². The number of nitrogens with two attached hydrogens (primary N) is 1. The van der Waals surface area contributed by atoms with E-state index in [-0.39, 0.29) is 18.6 Å². The van der Waals surface area contributed by atoms with E-state index < -0.39 is 0 Å². The van der Waals surface area contributed by atoms with Gasteiger partial charge in [-0.05, 0) is 19.3 Å². The first-order valence-corrected chi connectivity index (χ1v) is 7.08. The van der Waals surface area contributed by atoms with Gasteiger partial charge in [-0.1, -0.05) is 6.42 Å². The van der Waals surface area contributed by atoms with Crippen LogP contribution in [0.1, 0.15) is 25.7 Å². The van der Waals surface area contributed by atoms with Crippen molar-refractivity contribution in [1.29, 1.82) is 0 Å². The Hall–Kier alpha value is -0.650. The summed E-state index contributed by atoms with van der Waals surface area (Å²) in [6.45, 7) is 4.27. The fourth-order valence-electron chi connectivity index (χ4n) is 3.04. The van der Waals surface area contributed by atoms with E-state index in [1.54, 1.807) is 0 Å². The normalized spacial score (nSPS) is 30.4. The molecule has 2 rings (SSSR count). The zero-order chi connectivity index (χ0) is 13.0. The van der Waals surface area contributed by atoms with Crippen molar-refractivity contribution in [2.75, 3.05) is 39.3 Å². The Bertz CT molecular complexity index is 277. The standard InChI is InChI=1S/C13H25N3O2/c14-12-3-1-2-11(10-12)13(18)16-6-4-15(5-7-16)8-9-17/h11-12,17H,1-10,14H2/t11-,12+/m0/s1. The van der Waals surface area contributed by atoms with Gasteiger partial charge in [0.1, 0.15) is 0 Å². The first kappa shape index (κ1) is 13.8. The largest absolute Gasteiger partial charge is 0.395 e. The highest BCUT2D eigenvalue weighted by atomic mass is 16.3. The van der Waals surface area contributed by atoms with E-state index in [2.05, 4.69) is 4.90 Å². The highest BCUT2D eigenvalue weighted by molar-refractivity contribution is 5.79. The second-order valence-corrected chi connectivity index (χ2v) is 5.51. The van der Waals surface area contributed by atoms with E-state index in [1.807, 2.05) is 4.90 Å². The summed E-state index contributed by atoms with van der Waals surface area (Å²) < 4.78 is 0. The molecule has 104 valence electrons. The van der Waals surface area contributed by atoms with Gasteiger partial charge in [0, 0.05) is 44.7 Å². The van der Waals surface area contributed by atoms with Crippen LogP contribution in [0, 0.1) is 5.92 Å². The Morgan fingerprint density at radius 3 is 2.56 bits per heavy atom. The summed E-state index contributed by atoms with van der Waals surface area (Å²) in [5, 5.41) is 8.89. The van der Waals surface area contributed by atoms with Crippen LogP contribution in [0.25, 0.3) is 0 Å². The topological polar surface area (TPSA) is 69.8 Å². The molecular formula is C13H25N3O2. The van der Waals surface area contributed by atoms with Crippen LogP contribution in [0.3, 0.4) is 0 Å². The average molecular weight is 255 g/mol. The summed E-state index contributed by atoms with van der Waals surface area (Å²) in [5.74, 6) is 0.451. The van der Waals surface area contributed by atoms with Crippen molar-refractivity contribution in [3.63, 3.8) is 0 Å². The first-order chi connectivity index (χ1) is 8.70. The summed E-state index contributed by atoms with van der Waals surface area (Å²) in [6, 6.07) is 0.211. The number of rotatable bonds is 3. The van der Waals surface area contributed by atoms with Crippen molar-refractivity contribution in [3.8, 4) is 0 Å². The number of nitrogens with zero attached hydrogens (tertiary/aromatic N) is 2. The minimum atomic E-state index is 0.151. The van der Waals surface area contributed by atoms with Crippen LogP contribution in [-0.2, 0) is 4.79 Å². The molecule has 0 radical (unpaired) electrons. The maximum absolute atomic E-state index is 12.4. The van der Waals surface area contributed by atoms with Crippen molar-refractivity contribution < 1.29 is 9.90 Å². The van der Waals surface area contributed by atoms with Crippen molar-refractivity contribution in [2.45, 2.75) is 31.7 Å². The zero-order valence-electron chi connectivity index (χ0n) is 11.1. The van der Waals surface area contributed by atoms with E-state index >= 15 is 0 Å². The predicted molar refractivity (Wildman–Crippen MR) is 70.0 cm³/mol. The number of carbonyl (C=O) groups excluding carboxylic acids is 1. The van der Waals surface area contributed by atoms with Gasteiger partial charge in [-0.3, -0.25) is 9.69 Å². The Labute approximate surface area is 109 Å². The summed E-state index contributed by atoms with van der Waals surface area (Å²) in [7, 11) is 0. The van der Waals surface area contributed by atoms with Gasteiger partial charge in [-0.2, -0.15) is 0 Å². The second-order valence-electron chi connectivity index (χ2n) is 5.51. The van der Waals surface area contributed by atoms with E-state index in [9.17, 15) is 4.79 Å². The van der Waals surface area contributed by atoms with Gasteiger partial charge in [0.2, 0.25) is 5.91 Å². The number of carbonyl (C=O) groups is 1. The number of aliphatic hydroxyl groups is 1. The number of piperazine rings is 1. The lowest BCUT2D eigenvalue weighted by Gasteiger charge is -2.37. The fraction of sp³-hybridized carbons (Fsp3) is 0.923. The molecule has 0 unspecified atom stereocenters. The van der Waals surface area contributed by atoms with Gasteiger partial charge >= 0.3 is 0 Å². The highest BCUT2D eigenvalue weighted by Crippen LogP contribution is 2.25. The fourth-order valence-corrected chi connectivity index (χ4v) is 3.04. The monoisotopic (exact) mass is 255 g/mol. The molecule has 1 aliphatic heterocycles. The van der Waals surface area contributed by atoms with E-state index in [4.69, 9.17) is 10.8 Å². The van der Waals surface area contributed by atoms with Crippen molar-refractivity contribution in [1.82, 2.24) is 9.80 Å². The summed E-state index contributed by atoms with van der Waals surface area (Å²) >= 11 is 0. The zero-order valence-corrected chi connectivity index (χ0v) is 11.1. The molecule has 1 amide bonds. The molecule has 1 heterocycles. The number of hydrogen-bond acceptors (Lipinski definition) is 4.